The van der Waals surface area contributed by atoms with E-state index in [0.717, 1.165) is 12.1 Å². The van der Waals surface area contributed by atoms with Gasteiger partial charge < -0.3 is 15.6 Å². The largest absolute Gasteiger partial charge is 0.479 e. The van der Waals surface area contributed by atoms with E-state index in [1.807, 2.05) is 0 Å². The Morgan fingerprint density at radius 2 is 2.27 bits per heavy atom. The molecule has 1 unspecified atom stereocenters. The lowest BCUT2D eigenvalue weighted by molar-refractivity contribution is -0.144. The van der Waals surface area contributed by atoms with Crippen LogP contribution in [-0.2, 0) is 4.79 Å². The number of rotatable bonds is 3. The zero-order chi connectivity index (χ0) is 11.6. The lowest BCUT2D eigenvalue weighted by atomic mass is 10.3. The Hall–Kier alpha value is -1.30. The maximum Gasteiger partial charge on any atom is 0.344 e. The first-order valence-corrected chi connectivity index (χ1v) is 4.85. The van der Waals surface area contributed by atoms with Crippen LogP contribution in [0.25, 0.3) is 0 Å². The van der Waals surface area contributed by atoms with Gasteiger partial charge in [0.1, 0.15) is 5.82 Å². The molecule has 4 nitrogen and oxygen atoms in total. The van der Waals surface area contributed by atoms with E-state index in [2.05, 4.69) is 15.9 Å². The number of carboxylic acids is 1. The van der Waals surface area contributed by atoms with Crippen LogP contribution >= 0.6 is 15.9 Å². The van der Waals surface area contributed by atoms with Gasteiger partial charge in [-0.25, -0.2) is 9.18 Å². The zero-order valence-corrected chi connectivity index (χ0v) is 9.42. The average molecular weight is 278 g/mol. The van der Waals surface area contributed by atoms with Crippen molar-refractivity contribution in [2.24, 2.45) is 0 Å². The van der Waals surface area contributed by atoms with Gasteiger partial charge in [-0.05, 0) is 28.9 Å². The van der Waals surface area contributed by atoms with Crippen molar-refractivity contribution in [1.82, 2.24) is 0 Å². The first-order chi connectivity index (χ1) is 6.91. The molecule has 0 spiro atoms. The number of aliphatic carboxylic acids is 1. The summed E-state index contributed by atoms with van der Waals surface area (Å²) in [5, 5.41) is 8.62. The highest BCUT2D eigenvalue weighted by Crippen LogP contribution is 2.33. The molecule has 82 valence electrons. The van der Waals surface area contributed by atoms with Crippen LogP contribution < -0.4 is 10.5 Å². The van der Waals surface area contributed by atoms with Gasteiger partial charge in [0.25, 0.3) is 0 Å². The Bertz CT molecular complexity index is 374. The molecule has 0 aliphatic carbocycles. The van der Waals surface area contributed by atoms with Crippen molar-refractivity contribution in [1.29, 1.82) is 0 Å². The fourth-order valence-electron chi connectivity index (χ4n) is 0.932. The second-order valence-electron chi connectivity index (χ2n) is 2.90. The molecule has 0 aliphatic heterocycles. The minimum absolute atomic E-state index is 0.0509. The third-order valence-electron chi connectivity index (χ3n) is 1.68. The van der Waals surface area contributed by atoms with Crippen LogP contribution in [0.2, 0.25) is 0 Å². The van der Waals surface area contributed by atoms with E-state index < -0.39 is 17.9 Å². The van der Waals surface area contributed by atoms with Gasteiger partial charge in [0, 0.05) is 6.07 Å². The smallest absolute Gasteiger partial charge is 0.344 e. The number of nitrogen functional groups attached to an aromatic ring is 1. The van der Waals surface area contributed by atoms with Crippen LogP contribution in [0.3, 0.4) is 0 Å². The second-order valence-corrected chi connectivity index (χ2v) is 3.76. The highest BCUT2D eigenvalue weighted by molar-refractivity contribution is 9.10. The molecule has 0 saturated carbocycles. The molecule has 1 aromatic rings. The lowest BCUT2D eigenvalue weighted by Crippen LogP contribution is -2.23. The molecule has 0 bridgehead atoms. The Labute approximate surface area is 94.0 Å². The predicted octanol–water partition coefficient (Wildman–Crippen LogP) is 2.02. The van der Waals surface area contributed by atoms with E-state index in [1.54, 1.807) is 0 Å². The lowest BCUT2D eigenvalue weighted by Gasteiger charge is -2.13. The number of ether oxygens (including phenoxy) is 1. The summed E-state index contributed by atoms with van der Waals surface area (Å²) >= 11 is 3.04. The summed E-state index contributed by atoms with van der Waals surface area (Å²) in [4.78, 5) is 10.5. The van der Waals surface area contributed by atoms with Crippen LogP contribution in [0.5, 0.6) is 5.75 Å². The third-order valence-corrected chi connectivity index (χ3v) is 2.27. The van der Waals surface area contributed by atoms with E-state index in [1.165, 1.54) is 6.92 Å². The summed E-state index contributed by atoms with van der Waals surface area (Å²) in [6, 6.07) is 2.22. The first-order valence-electron chi connectivity index (χ1n) is 4.05. The van der Waals surface area contributed by atoms with Crippen molar-refractivity contribution < 1.29 is 19.0 Å². The normalized spacial score (nSPS) is 12.2. The Morgan fingerprint density at radius 3 is 2.73 bits per heavy atom. The van der Waals surface area contributed by atoms with Crippen LogP contribution in [0.15, 0.2) is 16.6 Å². The number of halogens is 2. The summed E-state index contributed by atoms with van der Waals surface area (Å²) in [5.74, 6) is -1.51. The van der Waals surface area contributed by atoms with Gasteiger partial charge in [-0.15, -0.1) is 0 Å². The van der Waals surface area contributed by atoms with Gasteiger partial charge in [-0.2, -0.15) is 0 Å². The molecule has 1 rings (SSSR count). The Kier molecular flexibility index (Phi) is 3.52. The summed E-state index contributed by atoms with van der Waals surface area (Å²) in [7, 11) is 0. The van der Waals surface area contributed by atoms with Crippen molar-refractivity contribution in [3.8, 4) is 5.75 Å². The third kappa shape index (κ3) is 2.82. The van der Waals surface area contributed by atoms with Crippen LogP contribution in [0.1, 0.15) is 6.92 Å². The molecular formula is C9H9BrFNO3. The minimum atomic E-state index is -1.12. The Morgan fingerprint density at radius 1 is 1.67 bits per heavy atom. The quantitative estimate of drug-likeness (QED) is 0.830. The molecule has 0 saturated heterocycles. The van der Waals surface area contributed by atoms with Crippen LogP contribution in [0.4, 0.5) is 10.1 Å². The molecule has 0 amide bonds. The fraction of sp³-hybridized carbons (Fsp3) is 0.222. The van der Waals surface area contributed by atoms with E-state index in [9.17, 15) is 9.18 Å². The SMILES string of the molecule is CC(Oc1c(N)cc(F)cc1Br)C(=O)O. The van der Waals surface area contributed by atoms with E-state index in [4.69, 9.17) is 15.6 Å². The molecule has 15 heavy (non-hydrogen) atoms. The maximum atomic E-state index is 12.8. The van der Waals surface area contributed by atoms with Gasteiger partial charge in [0.15, 0.2) is 11.9 Å². The molecule has 0 aliphatic rings. The van der Waals surface area contributed by atoms with Gasteiger partial charge in [-0.1, -0.05) is 0 Å². The highest BCUT2D eigenvalue weighted by Gasteiger charge is 2.16. The van der Waals surface area contributed by atoms with Gasteiger partial charge in [-0.3, -0.25) is 0 Å². The molecule has 1 atom stereocenters. The highest BCUT2D eigenvalue weighted by atomic mass is 79.9. The molecule has 0 heterocycles. The molecule has 0 fully saturated rings. The predicted molar refractivity (Wildman–Crippen MR) is 56.2 cm³/mol. The minimum Gasteiger partial charge on any atom is -0.479 e. The summed E-state index contributed by atoms with van der Waals surface area (Å²) in [6.45, 7) is 1.36. The van der Waals surface area contributed by atoms with Gasteiger partial charge in [0.05, 0.1) is 10.2 Å². The van der Waals surface area contributed by atoms with Crippen molar-refractivity contribution in [2.75, 3.05) is 5.73 Å². The van der Waals surface area contributed by atoms with Gasteiger partial charge in [0.2, 0.25) is 0 Å². The van der Waals surface area contributed by atoms with Crippen LogP contribution in [0, 0.1) is 5.82 Å². The van der Waals surface area contributed by atoms with Crippen molar-refractivity contribution in [2.45, 2.75) is 13.0 Å². The van der Waals surface area contributed by atoms with Gasteiger partial charge >= 0.3 is 5.97 Å². The standard InChI is InChI=1S/C9H9BrFNO3/c1-4(9(13)14)15-8-6(10)2-5(11)3-7(8)12/h2-4H,12H2,1H3,(H,13,14). The Balaban J connectivity index is 3.00. The van der Waals surface area contributed by atoms with E-state index in [-0.39, 0.29) is 15.9 Å². The van der Waals surface area contributed by atoms with E-state index in [0.29, 0.717) is 0 Å². The number of hydrogen-bond acceptors (Lipinski definition) is 3. The number of anilines is 1. The number of carbonyl (C=O) groups is 1. The number of hydrogen-bond donors (Lipinski definition) is 2. The maximum absolute atomic E-state index is 12.8. The van der Waals surface area contributed by atoms with E-state index >= 15 is 0 Å². The summed E-state index contributed by atoms with van der Waals surface area (Å²) in [5.41, 5.74) is 5.53. The average Bonchev–Trinajstić information content (AvgIpc) is 2.10. The number of carboxylic acid groups (broad SMARTS) is 1. The van der Waals surface area contributed by atoms with Crippen LogP contribution in [-0.4, -0.2) is 17.2 Å². The molecule has 0 radical (unpaired) electrons. The molecular weight excluding hydrogens is 269 g/mol. The first kappa shape index (κ1) is 11.8. The van der Waals surface area contributed by atoms with Crippen molar-refractivity contribution in [3.05, 3.63) is 22.4 Å². The summed E-state index contributed by atoms with van der Waals surface area (Å²) in [6.07, 6.45) is -1.05. The fourth-order valence-corrected chi connectivity index (χ4v) is 1.47. The van der Waals surface area contributed by atoms with Crippen molar-refractivity contribution >= 4 is 27.6 Å². The molecule has 1 aromatic carbocycles. The molecule has 0 aromatic heterocycles. The summed E-state index contributed by atoms with van der Waals surface area (Å²) < 4.78 is 18.2. The topological polar surface area (TPSA) is 72.5 Å². The number of benzene rings is 1. The molecule has 3 N–H and O–H groups in total. The second kappa shape index (κ2) is 4.48. The monoisotopic (exact) mass is 277 g/mol. The molecule has 6 heteroatoms. The zero-order valence-electron chi connectivity index (χ0n) is 7.83. The van der Waals surface area contributed by atoms with Crippen molar-refractivity contribution in [3.63, 3.8) is 0 Å². The number of nitrogens with two attached hydrogens (primary N) is 1.